The van der Waals surface area contributed by atoms with Crippen LogP contribution in [0.3, 0.4) is 0 Å². The number of hydrogen-bond donors (Lipinski definition) is 2. The first-order valence-electron chi connectivity index (χ1n) is 6.54. The maximum Gasteiger partial charge on any atom is 0.257 e. The van der Waals surface area contributed by atoms with Gasteiger partial charge in [0.25, 0.3) is 10.0 Å². The number of H-pyrrole nitrogens is 1. The number of rotatable bonds is 5. The van der Waals surface area contributed by atoms with Crippen molar-refractivity contribution < 1.29 is 8.42 Å². The number of nitrogens with zero attached hydrogens (tertiary/aromatic N) is 1. The normalized spacial score (nSPS) is 19.5. The Morgan fingerprint density at radius 1 is 1.42 bits per heavy atom. The molecular formula is C12H21N3O2S2. The average Bonchev–Trinajstić information content (AvgIpc) is 2.85. The zero-order chi connectivity index (χ0) is 13.9. The number of sulfonamides is 1. The number of aryl methyl sites for hydroxylation is 1. The molecule has 0 spiro atoms. The highest BCUT2D eigenvalue weighted by atomic mass is 32.2. The predicted molar refractivity (Wildman–Crippen MR) is 77.8 cm³/mol. The maximum absolute atomic E-state index is 12.2. The van der Waals surface area contributed by atoms with Gasteiger partial charge in [-0.05, 0) is 26.0 Å². The lowest BCUT2D eigenvalue weighted by Gasteiger charge is -2.35. The van der Waals surface area contributed by atoms with Gasteiger partial charge in [-0.1, -0.05) is 19.3 Å². The fourth-order valence-electron chi connectivity index (χ4n) is 2.49. The Bertz CT molecular complexity index is 519. The summed E-state index contributed by atoms with van der Waals surface area (Å²) < 4.78 is 27.1. The molecule has 0 bridgehead atoms. The third-order valence-electron chi connectivity index (χ3n) is 3.75. The number of thioether (sulfide) groups is 1. The molecular weight excluding hydrogens is 282 g/mol. The Kier molecular flexibility index (Phi) is 4.58. The van der Waals surface area contributed by atoms with Crippen LogP contribution < -0.4 is 4.72 Å². The summed E-state index contributed by atoms with van der Waals surface area (Å²) in [6.45, 7) is 2.23. The molecule has 2 rings (SSSR count). The number of aromatic amines is 1. The van der Waals surface area contributed by atoms with Gasteiger partial charge in [-0.2, -0.15) is 11.8 Å². The minimum atomic E-state index is -3.47. The average molecular weight is 303 g/mol. The Balaban J connectivity index is 2.04. The molecule has 19 heavy (non-hydrogen) atoms. The van der Waals surface area contributed by atoms with Crippen LogP contribution in [0.25, 0.3) is 0 Å². The van der Waals surface area contributed by atoms with Crippen molar-refractivity contribution in [2.75, 3.05) is 12.8 Å². The van der Waals surface area contributed by atoms with E-state index in [1.807, 2.05) is 0 Å². The minimum Gasteiger partial charge on any atom is -0.332 e. The first-order valence-corrected chi connectivity index (χ1v) is 9.25. The quantitative estimate of drug-likeness (QED) is 0.873. The number of nitrogens with one attached hydrogen (secondary N) is 2. The second-order valence-corrected chi connectivity index (χ2v) is 8.11. The SMILES string of the molecule is CSC1(CNS(=O)(=O)c2cnc(C)[nH]2)CCCCC1. The number of imidazole rings is 1. The van der Waals surface area contributed by atoms with Gasteiger partial charge in [0.05, 0.1) is 6.20 Å². The molecule has 7 heteroatoms. The molecule has 5 nitrogen and oxygen atoms in total. The Hall–Kier alpha value is -0.530. The molecule has 2 N–H and O–H groups in total. The van der Waals surface area contributed by atoms with Gasteiger partial charge >= 0.3 is 0 Å². The lowest BCUT2D eigenvalue weighted by molar-refractivity contribution is 0.394. The van der Waals surface area contributed by atoms with Crippen LogP contribution >= 0.6 is 11.8 Å². The summed E-state index contributed by atoms with van der Waals surface area (Å²) in [5.41, 5.74) is 0. The zero-order valence-corrected chi connectivity index (χ0v) is 13.0. The highest BCUT2D eigenvalue weighted by Crippen LogP contribution is 2.38. The van der Waals surface area contributed by atoms with E-state index in [1.165, 1.54) is 25.5 Å². The van der Waals surface area contributed by atoms with E-state index >= 15 is 0 Å². The van der Waals surface area contributed by atoms with E-state index in [9.17, 15) is 8.42 Å². The highest BCUT2D eigenvalue weighted by Gasteiger charge is 2.32. The maximum atomic E-state index is 12.2. The summed E-state index contributed by atoms with van der Waals surface area (Å²) in [6.07, 6.45) is 9.23. The van der Waals surface area contributed by atoms with Crippen molar-refractivity contribution in [3.05, 3.63) is 12.0 Å². The lowest BCUT2D eigenvalue weighted by Crippen LogP contribution is -2.41. The monoisotopic (exact) mass is 303 g/mol. The molecule has 0 unspecified atom stereocenters. The Morgan fingerprint density at radius 3 is 2.63 bits per heavy atom. The highest BCUT2D eigenvalue weighted by molar-refractivity contribution is 8.00. The Labute approximate surface area is 119 Å². The van der Waals surface area contributed by atoms with Crippen LogP contribution in [0.15, 0.2) is 11.2 Å². The molecule has 0 radical (unpaired) electrons. The molecule has 1 heterocycles. The largest absolute Gasteiger partial charge is 0.332 e. The molecule has 108 valence electrons. The second kappa shape index (κ2) is 5.85. The van der Waals surface area contributed by atoms with E-state index in [2.05, 4.69) is 20.9 Å². The molecule has 0 atom stereocenters. The van der Waals surface area contributed by atoms with Crippen molar-refractivity contribution in [3.8, 4) is 0 Å². The molecule has 1 saturated carbocycles. The summed E-state index contributed by atoms with van der Waals surface area (Å²) >= 11 is 1.78. The van der Waals surface area contributed by atoms with Crippen molar-refractivity contribution in [2.45, 2.75) is 48.8 Å². The molecule has 1 aliphatic rings. The van der Waals surface area contributed by atoms with Gasteiger partial charge in [-0.3, -0.25) is 0 Å². The van der Waals surface area contributed by atoms with E-state index in [-0.39, 0.29) is 9.77 Å². The van der Waals surface area contributed by atoms with Crippen LogP contribution in [0, 0.1) is 6.92 Å². The molecule has 0 aromatic carbocycles. The standard InChI is InChI=1S/C12H21N3O2S2/c1-10-13-8-11(15-10)19(16,17)14-9-12(18-2)6-4-3-5-7-12/h8,14H,3-7,9H2,1-2H3,(H,13,15). The van der Waals surface area contributed by atoms with E-state index in [0.29, 0.717) is 12.4 Å². The first kappa shape index (κ1) is 14.9. The predicted octanol–water partition coefficient (Wildman–Crippen LogP) is 2.06. The van der Waals surface area contributed by atoms with E-state index in [1.54, 1.807) is 18.7 Å². The topological polar surface area (TPSA) is 74.8 Å². The summed E-state index contributed by atoms with van der Waals surface area (Å²) in [5.74, 6) is 0.609. The van der Waals surface area contributed by atoms with Gasteiger partial charge in [0.1, 0.15) is 5.82 Å². The summed E-state index contributed by atoms with van der Waals surface area (Å²) in [5, 5.41) is 0.150. The van der Waals surface area contributed by atoms with Gasteiger partial charge < -0.3 is 4.98 Å². The third-order valence-corrected chi connectivity index (χ3v) is 6.48. The minimum absolute atomic E-state index is 0.0559. The van der Waals surface area contributed by atoms with Gasteiger partial charge in [0, 0.05) is 11.3 Å². The third kappa shape index (κ3) is 3.52. The van der Waals surface area contributed by atoms with Crippen LogP contribution in [0.4, 0.5) is 0 Å². The van der Waals surface area contributed by atoms with Crippen molar-refractivity contribution in [2.24, 2.45) is 0 Å². The van der Waals surface area contributed by atoms with E-state index < -0.39 is 10.0 Å². The fraction of sp³-hybridized carbons (Fsp3) is 0.750. The number of aromatic nitrogens is 2. The summed E-state index contributed by atoms with van der Waals surface area (Å²) in [7, 11) is -3.47. The fourth-order valence-corrected chi connectivity index (χ4v) is 4.59. The first-order chi connectivity index (χ1) is 8.97. The van der Waals surface area contributed by atoms with Gasteiger partial charge in [0.2, 0.25) is 0 Å². The molecule has 1 aromatic heterocycles. The van der Waals surface area contributed by atoms with Gasteiger partial charge in [-0.15, -0.1) is 0 Å². The second-order valence-electron chi connectivity index (χ2n) is 5.11. The molecule has 0 amide bonds. The summed E-state index contributed by atoms with van der Waals surface area (Å²) in [4.78, 5) is 6.70. The van der Waals surface area contributed by atoms with E-state index in [4.69, 9.17) is 0 Å². The molecule has 0 aliphatic heterocycles. The van der Waals surface area contributed by atoms with Crippen molar-refractivity contribution in [1.82, 2.24) is 14.7 Å². The van der Waals surface area contributed by atoms with Crippen LogP contribution in [-0.2, 0) is 10.0 Å². The van der Waals surface area contributed by atoms with Gasteiger partial charge in [-0.25, -0.2) is 18.1 Å². The molecule has 0 saturated heterocycles. The Morgan fingerprint density at radius 2 is 2.11 bits per heavy atom. The van der Waals surface area contributed by atoms with Gasteiger partial charge in [0.15, 0.2) is 5.03 Å². The van der Waals surface area contributed by atoms with E-state index in [0.717, 1.165) is 12.8 Å². The van der Waals surface area contributed by atoms with Crippen LogP contribution in [0.5, 0.6) is 0 Å². The van der Waals surface area contributed by atoms with Crippen molar-refractivity contribution in [1.29, 1.82) is 0 Å². The zero-order valence-electron chi connectivity index (χ0n) is 11.4. The number of hydrogen-bond acceptors (Lipinski definition) is 4. The van der Waals surface area contributed by atoms with Crippen LogP contribution in [-0.4, -0.2) is 35.9 Å². The van der Waals surface area contributed by atoms with Crippen molar-refractivity contribution >= 4 is 21.8 Å². The lowest BCUT2D eigenvalue weighted by atomic mass is 9.88. The molecule has 1 fully saturated rings. The van der Waals surface area contributed by atoms with Crippen molar-refractivity contribution in [3.63, 3.8) is 0 Å². The molecule has 1 aromatic rings. The smallest absolute Gasteiger partial charge is 0.257 e. The molecule has 1 aliphatic carbocycles. The summed E-state index contributed by atoms with van der Waals surface area (Å²) in [6, 6.07) is 0. The van der Waals surface area contributed by atoms with Crippen LogP contribution in [0.2, 0.25) is 0 Å². The van der Waals surface area contributed by atoms with Crippen LogP contribution in [0.1, 0.15) is 37.9 Å².